The molecule has 0 radical (unpaired) electrons. The zero-order chi connectivity index (χ0) is 15.7. The normalized spacial score (nSPS) is 22.0. The molecule has 0 saturated carbocycles. The molecule has 2 rings (SSSR count). The maximum atomic E-state index is 12.8. The first-order valence-electron chi connectivity index (χ1n) is 7.06. The van der Waals surface area contributed by atoms with Crippen LogP contribution in [0.15, 0.2) is 6.07 Å². The molecule has 0 aromatic carbocycles. The minimum Gasteiger partial charge on any atom is -0.480 e. The lowest BCUT2D eigenvalue weighted by atomic mass is 10.1. The summed E-state index contributed by atoms with van der Waals surface area (Å²) >= 11 is 1.53. The second-order valence-corrected chi connectivity index (χ2v) is 6.68. The van der Waals surface area contributed by atoms with Crippen molar-refractivity contribution >= 4 is 23.6 Å². The van der Waals surface area contributed by atoms with Gasteiger partial charge < -0.3 is 10.0 Å². The van der Waals surface area contributed by atoms with E-state index < -0.39 is 12.0 Å². The number of amides is 1. The number of hydrogen-bond acceptors (Lipinski definition) is 4. The molecular formula is C14H21N3O3S. The van der Waals surface area contributed by atoms with Crippen molar-refractivity contribution in [2.45, 2.75) is 38.6 Å². The predicted octanol–water partition coefficient (Wildman–Crippen LogP) is 1.61. The number of aromatic nitrogens is 2. The average molecular weight is 311 g/mol. The molecule has 0 aliphatic carbocycles. The van der Waals surface area contributed by atoms with Gasteiger partial charge in [0.1, 0.15) is 11.7 Å². The van der Waals surface area contributed by atoms with E-state index in [9.17, 15) is 14.7 Å². The van der Waals surface area contributed by atoms with Crippen LogP contribution < -0.4 is 0 Å². The third-order valence-electron chi connectivity index (χ3n) is 3.64. The zero-order valence-electron chi connectivity index (χ0n) is 12.7. The number of thioether (sulfide) groups is 1. The fourth-order valence-electron chi connectivity index (χ4n) is 2.52. The van der Waals surface area contributed by atoms with Crippen LogP contribution in [0.3, 0.4) is 0 Å². The van der Waals surface area contributed by atoms with Crippen molar-refractivity contribution in [3.05, 3.63) is 17.5 Å². The Morgan fingerprint density at radius 1 is 1.52 bits per heavy atom. The van der Waals surface area contributed by atoms with Crippen molar-refractivity contribution in [3.63, 3.8) is 0 Å². The fraction of sp³-hybridized carbons (Fsp3) is 0.643. The maximum absolute atomic E-state index is 12.8. The molecule has 2 heterocycles. The van der Waals surface area contributed by atoms with Gasteiger partial charge in [-0.1, -0.05) is 20.8 Å². The second kappa shape index (κ2) is 6.09. The van der Waals surface area contributed by atoms with Gasteiger partial charge >= 0.3 is 5.97 Å². The zero-order valence-corrected chi connectivity index (χ0v) is 13.6. The molecule has 7 heteroatoms. The summed E-state index contributed by atoms with van der Waals surface area (Å²) in [6, 6.07) is 0.983. The van der Waals surface area contributed by atoms with Gasteiger partial charge in [-0.3, -0.25) is 9.48 Å². The third kappa shape index (κ3) is 2.92. The summed E-state index contributed by atoms with van der Waals surface area (Å²) in [7, 11) is 1.72. The van der Waals surface area contributed by atoms with E-state index in [0.717, 1.165) is 12.1 Å². The molecule has 116 valence electrons. The molecule has 1 aliphatic heterocycles. The van der Waals surface area contributed by atoms with Gasteiger partial charge in [-0.2, -0.15) is 5.10 Å². The molecule has 0 bridgehead atoms. The number of aliphatic carboxylic acids is 1. The van der Waals surface area contributed by atoms with E-state index in [1.807, 2.05) is 20.8 Å². The lowest BCUT2D eigenvalue weighted by molar-refractivity contribution is -0.141. The Morgan fingerprint density at radius 2 is 2.19 bits per heavy atom. The van der Waals surface area contributed by atoms with Crippen molar-refractivity contribution in [3.8, 4) is 0 Å². The van der Waals surface area contributed by atoms with E-state index in [1.54, 1.807) is 17.8 Å². The summed E-state index contributed by atoms with van der Waals surface area (Å²) in [6.45, 7) is 5.98. The molecule has 21 heavy (non-hydrogen) atoms. The van der Waals surface area contributed by atoms with Crippen LogP contribution in [0, 0.1) is 5.92 Å². The predicted molar refractivity (Wildman–Crippen MR) is 81.3 cm³/mol. The number of nitrogens with zero attached hydrogens (tertiary/aromatic N) is 3. The third-order valence-corrected chi connectivity index (χ3v) is 5.26. The summed E-state index contributed by atoms with van der Waals surface area (Å²) in [5, 5.41) is 13.5. The number of carboxylic acid groups (broad SMARTS) is 1. The second-order valence-electron chi connectivity index (χ2n) is 5.53. The van der Waals surface area contributed by atoms with Gasteiger partial charge in [0.2, 0.25) is 0 Å². The van der Waals surface area contributed by atoms with Gasteiger partial charge in [0.25, 0.3) is 5.91 Å². The van der Waals surface area contributed by atoms with E-state index in [0.29, 0.717) is 11.4 Å². The standard InChI is InChI=1S/C14H21N3O3S/c1-5-9-6-10(16(4)15-9)12(18)17-11(14(19)20)7-21-13(17)8(2)3/h6,8,11,13H,5,7H2,1-4H3,(H,19,20). The first-order valence-corrected chi connectivity index (χ1v) is 8.11. The molecule has 1 saturated heterocycles. The minimum atomic E-state index is -0.947. The number of aryl methyl sites for hydroxylation is 2. The van der Waals surface area contributed by atoms with Crippen LogP contribution in [0.1, 0.15) is 37.0 Å². The van der Waals surface area contributed by atoms with E-state index in [1.165, 1.54) is 16.7 Å². The van der Waals surface area contributed by atoms with Crippen molar-refractivity contribution in [2.24, 2.45) is 13.0 Å². The molecule has 1 aromatic heterocycles. The maximum Gasteiger partial charge on any atom is 0.327 e. The van der Waals surface area contributed by atoms with E-state index in [-0.39, 0.29) is 17.2 Å². The van der Waals surface area contributed by atoms with E-state index in [2.05, 4.69) is 5.10 Å². The van der Waals surface area contributed by atoms with Crippen LogP contribution in [-0.4, -0.2) is 48.8 Å². The molecule has 1 aromatic rings. The SMILES string of the molecule is CCc1cc(C(=O)N2C(C(=O)O)CSC2C(C)C)n(C)n1. The molecule has 1 amide bonds. The molecule has 6 nitrogen and oxygen atoms in total. The monoisotopic (exact) mass is 311 g/mol. The highest BCUT2D eigenvalue weighted by atomic mass is 32.2. The van der Waals surface area contributed by atoms with Crippen molar-refractivity contribution in [1.82, 2.24) is 14.7 Å². The van der Waals surface area contributed by atoms with Crippen LogP contribution in [0.4, 0.5) is 0 Å². The highest BCUT2D eigenvalue weighted by Crippen LogP contribution is 2.35. The van der Waals surface area contributed by atoms with Gasteiger partial charge in [-0.25, -0.2) is 4.79 Å². The molecular weight excluding hydrogens is 290 g/mol. The van der Waals surface area contributed by atoms with Crippen molar-refractivity contribution in [2.75, 3.05) is 5.75 Å². The van der Waals surface area contributed by atoms with Crippen LogP contribution in [0.2, 0.25) is 0 Å². The highest BCUT2D eigenvalue weighted by molar-refractivity contribution is 8.00. The molecule has 2 atom stereocenters. The number of carbonyl (C=O) groups excluding carboxylic acids is 1. The topological polar surface area (TPSA) is 75.4 Å². The fourth-order valence-corrected chi connectivity index (χ4v) is 3.99. The van der Waals surface area contributed by atoms with Crippen molar-refractivity contribution < 1.29 is 14.7 Å². The smallest absolute Gasteiger partial charge is 0.327 e. The Kier molecular flexibility index (Phi) is 4.61. The number of carbonyl (C=O) groups is 2. The van der Waals surface area contributed by atoms with Crippen LogP contribution in [-0.2, 0) is 18.3 Å². The average Bonchev–Trinajstić information content (AvgIpc) is 3.01. The van der Waals surface area contributed by atoms with Gasteiger partial charge in [0.05, 0.1) is 11.1 Å². The van der Waals surface area contributed by atoms with E-state index >= 15 is 0 Å². The Balaban J connectivity index is 2.36. The summed E-state index contributed by atoms with van der Waals surface area (Å²) in [4.78, 5) is 25.8. The quantitative estimate of drug-likeness (QED) is 0.914. The number of carboxylic acids is 1. The van der Waals surface area contributed by atoms with E-state index in [4.69, 9.17) is 0 Å². The molecule has 2 unspecified atom stereocenters. The Bertz CT molecular complexity index is 556. The first kappa shape index (κ1) is 15.9. The summed E-state index contributed by atoms with van der Waals surface area (Å²) < 4.78 is 1.54. The molecule has 0 spiro atoms. The van der Waals surface area contributed by atoms with Gasteiger partial charge in [-0.05, 0) is 18.4 Å². The highest BCUT2D eigenvalue weighted by Gasteiger charge is 2.43. The first-order chi connectivity index (χ1) is 9.86. The summed E-state index contributed by atoms with van der Waals surface area (Å²) in [5.74, 6) is -0.567. The van der Waals surface area contributed by atoms with Crippen LogP contribution in [0.25, 0.3) is 0 Å². The summed E-state index contributed by atoms with van der Waals surface area (Å²) in [6.07, 6.45) is 0.742. The molecule has 1 N–H and O–H groups in total. The van der Waals surface area contributed by atoms with Crippen LogP contribution >= 0.6 is 11.8 Å². The lowest BCUT2D eigenvalue weighted by Crippen LogP contribution is -2.47. The number of hydrogen-bond donors (Lipinski definition) is 1. The largest absolute Gasteiger partial charge is 0.480 e. The number of rotatable bonds is 4. The van der Waals surface area contributed by atoms with Crippen LogP contribution in [0.5, 0.6) is 0 Å². The Labute approximate surface area is 128 Å². The van der Waals surface area contributed by atoms with Gasteiger partial charge in [0.15, 0.2) is 0 Å². The Morgan fingerprint density at radius 3 is 2.67 bits per heavy atom. The van der Waals surface area contributed by atoms with Gasteiger partial charge in [0, 0.05) is 12.8 Å². The Hall–Kier alpha value is -1.50. The molecule has 1 aliphatic rings. The summed E-state index contributed by atoms with van der Waals surface area (Å²) in [5.41, 5.74) is 1.28. The minimum absolute atomic E-state index is 0.112. The van der Waals surface area contributed by atoms with Crippen molar-refractivity contribution in [1.29, 1.82) is 0 Å². The lowest BCUT2D eigenvalue weighted by Gasteiger charge is -2.29. The van der Waals surface area contributed by atoms with Gasteiger partial charge in [-0.15, -0.1) is 11.8 Å². The molecule has 1 fully saturated rings.